The van der Waals surface area contributed by atoms with Crippen LogP contribution in [0.15, 0.2) is 40.4 Å². The number of aromatic nitrogens is 2. The van der Waals surface area contributed by atoms with Crippen molar-refractivity contribution in [2.75, 3.05) is 0 Å². The summed E-state index contributed by atoms with van der Waals surface area (Å²) < 4.78 is 0. The zero-order chi connectivity index (χ0) is 13.8. The molecule has 0 aliphatic heterocycles. The average Bonchev–Trinajstić information content (AvgIpc) is 2.36. The maximum Gasteiger partial charge on any atom is 0.307 e. The molecule has 5 heteroatoms. The topological polar surface area (TPSA) is 63.1 Å². The van der Waals surface area contributed by atoms with Crippen LogP contribution >= 0.6 is 11.8 Å². The van der Waals surface area contributed by atoms with Gasteiger partial charge in [0.05, 0.1) is 24.0 Å². The van der Waals surface area contributed by atoms with E-state index in [4.69, 9.17) is 5.11 Å². The van der Waals surface area contributed by atoms with Crippen molar-refractivity contribution in [3.8, 4) is 0 Å². The number of rotatable bonds is 4. The Balaban J connectivity index is 2.10. The van der Waals surface area contributed by atoms with Crippen molar-refractivity contribution in [3.05, 3.63) is 47.4 Å². The number of hydrogen-bond acceptors (Lipinski definition) is 4. The largest absolute Gasteiger partial charge is 0.481 e. The van der Waals surface area contributed by atoms with E-state index in [1.807, 2.05) is 38.1 Å². The SMILES string of the molecule is Cc1ncc(Sc2ccc(CC(=O)O)cc2)nc1C. The lowest BCUT2D eigenvalue weighted by Crippen LogP contribution is -1.99. The highest BCUT2D eigenvalue weighted by molar-refractivity contribution is 7.99. The molecule has 0 fully saturated rings. The van der Waals surface area contributed by atoms with Gasteiger partial charge in [-0.3, -0.25) is 9.78 Å². The molecule has 0 bridgehead atoms. The second-order valence-corrected chi connectivity index (χ2v) is 5.29. The molecule has 0 saturated heterocycles. The molecule has 0 unspecified atom stereocenters. The maximum atomic E-state index is 10.6. The van der Waals surface area contributed by atoms with Crippen molar-refractivity contribution < 1.29 is 9.90 Å². The van der Waals surface area contributed by atoms with Crippen LogP contribution in [0.1, 0.15) is 17.0 Å². The highest BCUT2D eigenvalue weighted by Gasteiger charge is 2.04. The first-order chi connectivity index (χ1) is 9.04. The van der Waals surface area contributed by atoms with E-state index in [0.717, 1.165) is 26.9 Å². The van der Waals surface area contributed by atoms with Gasteiger partial charge < -0.3 is 5.11 Å². The Kier molecular flexibility index (Phi) is 4.16. The van der Waals surface area contributed by atoms with Gasteiger partial charge >= 0.3 is 5.97 Å². The number of carbonyl (C=O) groups is 1. The van der Waals surface area contributed by atoms with Crippen molar-refractivity contribution in [1.82, 2.24) is 9.97 Å². The van der Waals surface area contributed by atoms with Gasteiger partial charge in [-0.1, -0.05) is 23.9 Å². The molecule has 2 aromatic rings. The molecule has 19 heavy (non-hydrogen) atoms. The molecule has 0 radical (unpaired) electrons. The molecule has 1 aromatic heterocycles. The number of carboxylic acid groups (broad SMARTS) is 1. The van der Waals surface area contributed by atoms with Gasteiger partial charge in [0.1, 0.15) is 5.03 Å². The van der Waals surface area contributed by atoms with Crippen LogP contribution in [-0.4, -0.2) is 21.0 Å². The van der Waals surface area contributed by atoms with Gasteiger partial charge in [0.2, 0.25) is 0 Å². The summed E-state index contributed by atoms with van der Waals surface area (Å²) in [5.41, 5.74) is 2.65. The predicted molar refractivity (Wildman–Crippen MR) is 73.4 cm³/mol. The predicted octanol–water partition coefficient (Wildman–Crippen LogP) is 2.87. The van der Waals surface area contributed by atoms with E-state index < -0.39 is 5.97 Å². The van der Waals surface area contributed by atoms with E-state index in [1.165, 1.54) is 11.8 Å². The fraction of sp³-hybridized carbons (Fsp3) is 0.214. The molecule has 0 saturated carbocycles. The smallest absolute Gasteiger partial charge is 0.307 e. The van der Waals surface area contributed by atoms with Crippen molar-refractivity contribution >= 4 is 17.7 Å². The molecule has 0 aliphatic rings. The molecule has 0 atom stereocenters. The van der Waals surface area contributed by atoms with Gasteiger partial charge in [0.15, 0.2) is 0 Å². The summed E-state index contributed by atoms with van der Waals surface area (Å²) in [5.74, 6) is -0.819. The van der Waals surface area contributed by atoms with Crippen LogP contribution in [0.25, 0.3) is 0 Å². The highest BCUT2D eigenvalue weighted by atomic mass is 32.2. The Labute approximate surface area is 115 Å². The van der Waals surface area contributed by atoms with Crippen LogP contribution < -0.4 is 0 Å². The van der Waals surface area contributed by atoms with Gasteiger partial charge in [0, 0.05) is 4.90 Å². The summed E-state index contributed by atoms with van der Waals surface area (Å²) in [6.07, 6.45) is 1.80. The normalized spacial score (nSPS) is 10.4. The zero-order valence-electron chi connectivity index (χ0n) is 10.8. The third-order valence-corrected chi connectivity index (χ3v) is 3.58. The van der Waals surface area contributed by atoms with Crippen molar-refractivity contribution in [2.24, 2.45) is 0 Å². The van der Waals surface area contributed by atoms with Gasteiger partial charge in [-0.05, 0) is 31.5 Å². The van der Waals surface area contributed by atoms with Crippen LogP contribution in [0.4, 0.5) is 0 Å². The Morgan fingerprint density at radius 1 is 1.21 bits per heavy atom. The molecule has 1 heterocycles. The second-order valence-electron chi connectivity index (χ2n) is 4.20. The molecule has 98 valence electrons. The number of hydrogen-bond donors (Lipinski definition) is 1. The minimum Gasteiger partial charge on any atom is -0.481 e. The van der Waals surface area contributed by atoms with Crippen LogP contribution in [0, 0.1) is 13.8 Å². The molecule has 0 spiro atoms. The van der Waals surface area contributed by atoms with Crippen LogP contribution in [0.2, 0.25) is 0 Å². The summed E-state index contributed by atoms with van der Waals surface area (Å²) in [7, 11) is 0. The first kappa shape index (κ1) is 13.5. The van der Waals surface area contributed by atoms with Gasteiger partial charge in [-0.2, -0.15) is 0 Å². The minimum atomic E-state index is -0.819. The summed E-state index contributed by atoms with van der Waals surface area (Å²) in [5, 5.41) is 9.55. The lowest BCUT2D eigenvalue weighted by Gasteiger charge is -2.04. The average molecular weight is 274 g/mol. The highest BCUT2D eigenvalue weighted by Crippen LogP contribution is 2.26. The molecule has 2 rings (SSSR count). The molecular formula is C14H14N2O2S. The van der Waals surface area contributed by atoms with Crippen molar-refractivity contribution in [2.45, 2.75) is 30.2 Å². The van der Waals surface area contributed by atoms with Crippen LogP contribution in [-0.2, 0) is 11.2 Å². The first-order valence-corrected chi connectivity index (χ1v) is 6.65. The fourth-order valence-corrected chi connectivity index (χ4v) is 2.34. The monoisotopic (exact) mass is 274 g/mol. The molecule has 1 N–H and O–H groups in total. The number of aryl methyl sites for hydroxylation is 2. The van der Waals surface area contributed by atoms with Gasteiger partial charge in [0.25, 0.3) is 0 Å². The Morgan fingerprint density at radius 2 is 1.89 bits per heavy atom. The third kappa shape index (κ3) is 3.79. The number of nitrogens with zero attached hydrogens (tertiary/aromatic N) is 2. The second kappa shape index (κ2) is 5.84. The first-order valence-electron chi connectivity index (χ1n) is 5.83. The van der Waals surface area contributed by atoms with Crippen molar-refractivity contribution in [1.29, 1.82) is 0 Å². The zero-order valence-corrected chi connectivity index (χ0v) is 11.6. The Bertz CT molecular complexity index is 597. The van der Waals surface area contributed by atoms with Crippen LogP contribution in [0.5, 0.6) is 0 Å². The van der Waals surface area contributed by atoms with Gasteiger partial charge in [-0.15, -0.1) is 0 Å². The van der Waals surface area contributed by atoms with E-state index in [-0.39, 0.29) is 6.42 Å². The van der Waals surface area contributed by atoms with E-state index in [0.29, 0.717) is 0 Å². The number of aliphatic carboxylic acids is 1. The van der Waals surface area contributed by atoms with Gasteiger partial charge in [-0.25, -0.2) is 4.98 Å². The van der Waals surface area contributed by atoms with E-state index in [1.54, 1.807) is 6.20 Å². The number of benzene rings is 1. The summed E-state index contributed by atoms with van der Waals surface area (Å²) in [4.78, 5) is 20.3. The van der Waals surface area contributed by atoms with E-state index in [2.05, 4.69) is 9.97 Å². The maximum absolute atomic E-state index is 10.6. The molecule has 4 nitrogen and oxygen atoms in total. The molecule has 1 aromatic carbocycles. The summed E-state index contributed by atoms with van der Waals surface area (Å²) in [6.45, 7) is 3.86. The Hall–Kier alpha value is -1.88. The lowest BCUT2D eigenvalue weighted by molar-refractivity contribution is -0.136. The Morgan fingerprint density at radius 3 is 2.47 bits per heavy atom. The molecule has 0 amide bonds. The fourth-order valence-electron chi connectivity index (χ4n) is 1.54. The standard InChI is InChI=1S/C14H14N2O2S/c1-9-10(2)16-13(8-15-9)19-12-5-3-11(4-6-12)7-14(17)18/h3-6,8H,7H2,1-2H3,(H,17,18). The van der Waals surface area contributed by atoms with E-state index in [9.17, 15) is 4.79 Å². The summed E-state index contributed by atoms with van der Waals surface area (Å²) >= 11 is 1.52. The van der Waals surface area contributed by atoms with Crippen LogP contribution in [0.3, 0.4) is 0 Å². The number of carboxylic acids is 1. The summed E-state index contributed by atoms with van der Waals surface area (Å²) in [6, 6.07) is 7.45. The third-order valence-electron chi connectivity index (χ3n) is 2.67. The van der Waals surface area contributed by atoms with E-state index >= 15 is 0 Å². The lowest BCUT2D eigenvalue weighted by atomic mass is 10.2. The minimum absolute atomic E-state index is 0.0500. The quantitative estimate of drug-likeness (QED) is 0.928. The van der Waals surface area contributed by atoms with Crippen molar-refractivity contribution in [3.63, 3.8) is 0 Å². The molecular weight excluding hydrogens is 260 g/mol. The molecule has 0 aliphatic carbocycles.